The fraction of sp³-hybridized carbons (Fsp3) is 0.678. The fourth-order valence-electron chi connectivity index (χ4n) is 7.16. The van der Waals surface area contributed by atoms with Crippen LogP contribution in [0.1, 0.15) is 239 Å². The number of ether oxygens (including phenoxy) is 3. The van der Waals surface area contributed by atoms with Crippen LogP contribution in [0.4, 0.5) is 0 Å². The van der Waals surface area contributed by atoms with Crippen LogP contribution in [-0.4, -0.2) is 37.2 Å². The van der Waals surface area contributed by atoms with Gasteiger partial charge in [0.05, 0.1) is 0 Å². The number of unbranched alkanes of at least 4 members (excludes halogenated alkanes) is 25. The van der Waals surface area contributed by atoms with Gasteiger partial charge in [-0.2, -0.15) is 0 Å². The van der Waals surface area contributed by atoms with Gasteiger partial charge in [-0.3, -0.25) is 14.4 Å². The Morgan fingerprint density at radius 3 is 1.08 bits per heavy atom. The normalized spacial score (nSPS) is 12.8. The molecule has 0 N–H and O–H groups in total. The molecule has 0 spiro atoms. The van der Waals surface area contributed by atoms with E-state index in [1.54, 1.807) is 0 Å². The molecule has 0 heterocycles. The Morgan fingerprint density at radius 1 is 0.323 bits per heavy atom. The predicted octanol–water partition coefficient (Wildman–Crippen LogP) is 17.8. The van der Waals surface area contributed by atoms with Crippen LogP contribution in [0.5, 0.6) is 0 Å². The Bertz CT molecular complexity index is 1310. The average Bonchev–Trinajstić information content (AvgIpc) is 3.30. The second-order valence-electron chi connectivity index (χ2n) is 17.5. The molecule has 0 aliphatic rings. The lowest BCUT2D eigenvalue weighted by molar-refractivity contribution is -0.167. The van der Waals surface area contributed by atoms with Crippen molar-refractivity contribution in [3.63, 3.8) is 0 Å². The van der Waals surface area contributed by atoms with Crippen molar-refractivity contribution in [1.29, 1.82) is 0 Å². The first kappa shape index (κ1) is 61.3. The monoisotopic (exact) mass is 903 g/mol. The van der Waals surface area contributed by atoms with Gasteiger partial charge in [0.1, 0.15) is 13.2 Å². The minimum absolute atomic E-state index is 0.116. The summed E-state index contributed by atoms with van der Waals surface area (Å²) in [5.74, 6) is -1.03. The molecule has 6 heteroatoms. The van der Waals surface area contributed by atoms with Crippen LogP contribution < -0.4 is 0 Å². The van der Waals surface area contributed by atoms with Gasteiger partial charge in [-0.15, -0.1) is 0 Å². The quantitative estimate of drug-likeness (QED) is 0.0199. The Balaban J connectivity index is 4.51. The Hall–Kier alpha value is -3.67. The van der Waals surface area contributed by atoms with Crippen LogP contribution in [0.2, 0.25) is 0 Å². The lowest BCUT2D eigenvalue weighted by atomic mass is 10.1. The van der Waals surface area contributed by atoms with E-state index in [-0.39, 0.29) is 44.0 Å². The van der Waals surface area contributed by atoms with Crippen molar-refractivity contribution in [3.8, 4) is 0 Å². The van der Waals surface area contributed by atoms with Gasteiger partial charge in [0.2, 0.25) is 0 Å². The van der Waals surface area contributed by atoms with Crippen LogP contribution in [-0.2, 0) is 28.6 Å². The highest BCUT2D eigenvalue weighted by Gasteiger charge is 2.19. The average molecular weight is 903 g/mol. The van der Waals surface area contributed by atoms with E-state index in [2.05, 4.69) is 63.3 Å². The van der Waals surface area contributed by atoms with Crippen molar-refractivity contribution in [2.45, 2.75) is 245 Å². The minimum atomic E-state index is -0.824. The summed E-state index contributed by atoms with van der Waals surface area (Å²) in [5, 5.41) is 0. The summed E-state index contributed by atoms with van der Waals surface area (Å²) in [6, 6.07) is 0. The van der Waals surface area contributed by atoms with Crippen molar-refractivity contribution < 1.29 is 28.6 Å². The van der Waals surface area contributed by atoms with Crippen molar-refractivity contribution in [3.05, 3.63) is 97.2 Å². The second-order valence-corrected chi connectivity index (χ2v) is 17.5. The van der Waals surface area contributed by atoms with Crippen molar-refractivity contribution >= 4 is 17.9 Å². The highest BCUT2D eigenvalue weighted by Crippen LogP contribution is 2.14. The SMILES string of the molecule is CC\C=C/C=C\C=C/C=C\C=C/CCCC(=O)OCC(COC(=O)CCCCCCC/C=C\CCCCCCCCCCC)OC(=O)CCCCC/C=C\C=C/CCCCCCCCC. The maximum Gasteiger partial charge on any atom is 0.306 e. The van der Waals surface area contributed by atoms with Crippen molar-refractivity contribution in [2.75, 3.05) is 13.2 Å². The molecule has 1 unspecified atom stereocenters. The number of carbonyl (C=O) groups excluding carboxylic acids is 3. The van der Waals surface area contributed by atoms with Crippen molar-refractivity contribution in [2.24, 2.45) is 0 Å². The molecule has 1 atom stereocenters. The third-order valence-corrected chi connectivity index (χ3v) is 11.2. The number of hydrogen-bond acceptors (Lipinski definition) is 6. The molecule has 370 valence electrons. The van der Waals surface area contributed by atoms with Crippen LogP contribution >= 0.6 is 0 Å². The van der Waals surface area contributed by atoms with Gasteiger partial charge >= 0.3 is 17.9 Å². The first-order valence-corrected chi connectivity index (χ1v) is 26.8. The van der Waals surface area contributed by atoms with E-state index in [1.165, 1.54) is 116 Å². The minimum Gasteiger partial charge on any atom is -0.462 e. The molecule has 0 aromatic carbocycles. The fourth-order valence-corrected chi connectivity index (χ4v) is 7.16. The molecule has 0 saturated carbocycles. The maximum atomic E-state index is 12.8. The molecular weight excluding hydrogens is 805 g/mol. The van der Waals surface area contributed by atoms with Gasteiger partial charge in [0.25, 0.3) is 0 Å². The molecule has 0 aromatic rings. The van der Waals surface area contributed by atoms with Gasteiger partial charge in [0, 0.05) is 19.3 Å². The highest BCUT2D eigenvalue weighted by molar-refractivity contribution is 5.71. The molecule has 0 fully saturated rings. The molecule has 0 radical (unpaired) electrons. The molecule has 0 amide bonds. The summed E-state index contributed by atoms with van der Waals surface area (Å²) in [7, 11) is 0. The topological polar surface area (TPSA) is 78.9 Å². The van der Waals surface area contributed by atoms with E-state index in [1.807, 2.05) is 54.7 Å². The van der Waals surface area contributed by atoms with Gasteiger partial charge in [0.15, 0.2) is 6.10 Å². The molecule has 0 saturated heterocycles. The van der Waals surface area contributed by atoms with Gasteiger partial charge in [-0.05, 0) is 83.5 Å². The first-order chi connectivity index (χ1) is 32.0. The van der Waals surface area contributed by atoms with E-state index in [0.717, 1.165) is 77.0 Å². The molecule has 65 heavy (non-hydrogen) atoms. The lowest BCUT2D eigenvalue weighted by Gasteiger charge is -2.18. The second kappa shape index (κ2) is 52.9. The molecule has 0 rings (SSSR count). The summed E-state index contributed by atoms with van der Waals surface area (Å²) in [6.45, 7) is 6.39. The van der Waals surface area contributed by atoms with Gasteiger partial charge < -0.3 is 14.2 Å². The van der Waals surface area contributed by atoms with E-state index < -0.39 is 6.10 Å². The first-order valence-electron chi connectivity index (χ1n) is 26.8. The lowest BCUT2D eigenvalue weighted by Crippen LogP contribution is -2.30. The third kappa shape index (κ3) is 51.2. The van der Waals surface area contributed by atoms with E-state index in [0.29, 0.717) is 12.8 Å². The number of hydrogen-bond donors (Lipinski definition) is 0. The number of allylic oxidation sites excluding steroid dienone is 16. The number of esters is 3. The van der Waals surface area contributed by atoms with Crippen LogP contribution in [0.3, 0.4) is 0 Å². The number of carbonyl (C=O) groups is 3. The maximum absolute atomic E-state index is 12.8. The molecule has 0 aliphatic carbocycles. The molecule has 0 aliphatic heterocycles. The zero-order chi connectivity index (χ0) is 47.2. The van der Waals surface area contributed by atoms with Gasteiger partial charge in [-0.25, -0.2) is 0 Å². The van der Waals surface area contributed by atoms with E-state index in [9.17, 15) is 14.4 Å². The number of rotatable bonds is 47. The van der Waals surface area contributed by atoms with Crippen LogP contribution in [0.15, 0.2) is 97.2 Å². The Morgan fingerprint density at radius 2 is 0.631 bits per heavy atom. The molecular formula is C59H98O6. The zero-order valence-corrected chi connectivity index (χ0v) is 42.2. The summed E-state index contributed by atoms with van der Waals surface area (Å²) < 4.78 is 16.7. The molecule has 6 nitrogen and oxygen atoms in total. The summed E-state index contributed by atoms with van der Waals surface area (Å²) in [5.41, 5.74) is 0. The summed E-state index contributed by atoms with van der Waals surface area (Å²) in [6.07, 6.45) is 69.8. The smallest absolute Gasteiger partial charge is 0.306 e. The summed E-state index contributed by atoms with van der Waals surface area (Å²) in [4.78, 5) is 38.0. The molecule has 0 aromatic heterocycles. The van der Waals surface area contributed by atoms with Crippen LogP contribution in [0.25, 0.3) is 0 Å². The summed E-state index contributed by atoms with van der Waals surface area (Å²) >= 11 is 0. The zero-order valence-electron chi connectivity index (χ0n) is 42.2. The standard InChI is InChI=1S/C59H98O6/c1-4-7-10-13-16-19-22-25-27-29-30-32-34-37-40-43-46-49-52-58(61)64-55-56(54-63-57(60)51-48-45-42-39-36-33-24-21-18-15-12-9-6-3)65-59(62)53-50-47-44-41-38-35-31-28-26-23-20-17-14-11-8-5-2/h9,12,15,18,21,24,28,30-33,35-36,38-39,42,56H,4-8,10-11,13-14,16-17,19-20,22-23,25-27,29,34,37,40-41,43-55H2,1-3H3/b12-9-,18-15-,24-21-,31-28-,32-30-,36-33-,38-35-,42-39-. The van der Waals surface area contributed by atoms with E-state index >= 15 is 0 Å². The van der Waals surface area contributed by atoms with E-state index in [4.69, 9.17) is 14.2 Å². The largest absolute Gasteiger partial charge is 0.462 e. The Kier molecular flexibility index (Phi) is 50.0. The molecule has 0 bridgehead atoms. The Labute approximate surface area is 400 Å². The third-order valence-electron chi connectivity index (χ3n) is 11.2. The highest BCUT2D eigenvalue weighted by atomic mass is 16.6. The van der Waals surface area contributed by atoms with Crippen molar-refractivity contribution in [1.82, 2.24) is 0 Å². The van der Waals surface area contributed by atoms with Gasteiger partial charge in [-0.1, -0.05) is 234 Å². The predicted molar refractivity (Wildman–Crippen MR) is 279 cm³/mol. The van der Waals surface area contributed by atoms with Crippen LogP contribution in [0, 0.1) is 0 Å².